The van der Waals surface area contributed by atoms with E-state index in [4.69, 9.17) is 17.3 Å². The molecule has 0 spiro atoms. The number of nitrogens with one attached hydrogen (secondary N) is 2. The van der Waals surface area contributed by atoms with E-state index in [1.807, 2.05) is 0 Å². The van der Waals surface area contributed by atoms with Gasteiger partial charge in [0, 0.05) is 22.5 Å². The van der Waals surface area contributed by atoms with Crippen LogP contribution >= 0.6 is 11.6 Å². The van der Waals surface area contributed by atoms with Crippen molar-refractivity contribution < 1.29 is 22.6 Å². The molecule has 0 fully saturated rings. The molecule has 5 rings (SSSR count). The van der Waals surface area contributed by atoms with Crippen molar-refractivity contribution in [3.05, 3.63) is 88.5 Å². The summed E-state index contributed by atoms with van der Waals surface area (Å²) in [6.07, 6.45) is 1.23. The quantitative estimate of drug-likeness (QED) is 0.196. The average molecular weight is 523 g/mol. The van der Waals surface area contributed by atoms with E-state index in [0.717, 1.165) is 6.07 Å². The highest BCUT2D eigenvalue weighted by molar-refractivity contribution is 7.86. The molecule has 0 bridgehead atoms. The van der Waals surface area contributed by atoms with Gasteiger partial charge in [-0.25, -0.2) is 9.97 Å². The molecule has 36 heavy (non-hydrogen) atoms. The number of fused-ring (bicyclic) bond motifs is 2. The number of nitrogen functional groups attached to an aromatic ring is 1. The summed E-state index contributed by atoms with van der Waals surface area (Å²) >= 11 is 5.79. The Kier molecular flexibility index (Phi) is 5.63. The fourth-order valence-electron chi connectivity index (χ4n) is 3.90. The fourth-order valence-corrected chi connectivity index (χ4v) is 4.67. The molecule has 11 nitrogen and oxygen atoms in total. The second-order valence-corrected chi connectivity index (χ2v) is 9.40. The topological polar surface area (TPSA) is 177 Å². The number of aromatic nitrogens is 3. The first-order valence-electron chi connectivity index (χ1n) is 10.2. The van der Waals surface area contributed by atoms with Gasteiger partial charge in [0.25, 0.3) is 10.1 Å². The SMILES string of the molecule is Nc1c(S(=O)(=O)O)cc(Nc2cccc(Nc3ncnc(Cl)n3)c2)c2c1C(=O)c1ccccc1C2=O. The van der Waals surface area contributed by atoms with Crippen LogP contribution in [0.1, 0.15) is 31.8 Å². The molecular weight excluding hydrogens is 508 g/mol. The molecule has 0 atom stereocenters. The second kappa shape index (κ2) is 8.68. The standard InChI is InChI=1S/C23H15ClN6O5S/c24-22-26-10-27-23(30-22)29-12-5-3-4-11(8-12)28-15-9-16(36(33,34)35)19(25)18-17(15)20(31)13-6-1-2-7-14(13)21(18)32/h1-10,28H,25H2,(H,33,34,35)(H,26,27,29,30). The van der Waals surface area contributed by atoms with Crippen molar-refractivity contribution in [2.24, 2.45) is 0 Å². The molecule has 4 aromatic rings. The van der Waals surface area contributed by atoms with Crippen LogP contribution in [0.3, 0.4) is 0 Å². The molecule has 1 aliphatic rings. The first kappa shape index (κ1) is 23.4. The molecule has 1 heterocycles. The summed E-state index contributed by atoms with van der Waals surface area (Å²) in [5, 5.41) is 5.91. The Bertz CT molecular complexity index is 1690. The number of halogens is 1. The van der Waals surface area contributed by atoms with Crippen LogP contribution in [-0.2, 0) is 10.1 Å². The monoisotopic (exact) mass is 522 g/mol. The third kappa shape index (κ3) is 4.13. The molecule has 1 aliphatic carbocycles. The van der Waals surface area contributed by atoms with Crippen molar-refractivity contribution in [2.45, 2.75) is 4.90 Å². The summed E-state index contributed by atoms with van der Waals surface area (Å²) in [5.74, 6) is -0.971. The number of benzene rings is 3. The van der Waals surface area contributed by atoms with Gasteiger partial charge in [0.15, 0.2) is 11.6 Å². The zero-order valence-corrected chi connectivity index (χ0v) is 19.6. The normalized spacial score (nSPS) is 12.6. The minimum Gasteiger partial charge on any atom is -0.397 e. The molecule has 13 heteroatoms. The molecule has 1 aromatic heterocycles. The van der Waals surface area contributed by atoms with Gasteiger partial charge in [-0.05, 0) is 35.9 Å². The number of carbonyl (C=O) groups is 2. The van der Waals surface area contributed by atoms with Gasteiger partial charge >= 0.3 is 0 Å². The predicted octanol–water partition coefficient (Wildman–Crippen LogP) is 3.62. The van der Waals surface area contributed by atoms with E-state index in [1.165, 1.54) is 18.5 Å². The largest absolute Gasteiger partial charge is 0.397 e. The van der Waals surface area contributed by atoms with E-state index in [2.05, 4.69) is 25.6 Å². The number of carbonyl (C=O) groups excluding carboxylic acids is 2. The Morgan fingerprint density at radius 1 is 0.861 bits per heavy atom. The highest BCUT2D eigenvalue weighted by Crippen LogP contribution is 2.40. The Labute approximate surface area is 209 Å². The lowest BCUT2D eigenvalue weighted by atomic mass is 9.82. The number of hydrogen-bond donors (Lipinski definition) is 4. The molecule has 0 saturated heterocycles. The minimum absolute atomic E-state index is 0.00325. The van der Waals surface area contributed by atoms with Gasteiger partial charge < -0.3 is 16.4 Å². The number of ketones is 2. The van der Waals surface area contributed by atoms with E-state index in [0.29, 0.717) is 11.4 Å². The van der Waals surface area contributed by atoms with E-state index in [1.54, 1.807) is 36.4 Å². The maximum atomic E-state index is 13.4. The number of nitrogens with zero attached hydrogens (tertiary/aromatic N) is 3. The molecule has 0 saturated carbocycles. The van der Waals surface area contributed by atoms with E-state index in [-0.39, 0.29) is 39.2 Å². The minimum atomic E-state index is -4.83. The molecule has 0 radical (unpaired) electrons. The van der Waals surface area contributed by atoms with Gasteiger partial charge in [0.2, 0.25) is 11.2 Å². The van der Waals surface area contributed by atoms with Gasteiger partial charge in [-0.3, -0.25) is 14.1 Å². The summed E-state index contributed by atoms with van der Waals surface area (Å²) in [4.78, 5) is 37.6. The maximum Gasteiger partial charge on any atom is 0.296 e. The van der Waals surface area contributed by atoms with Gasteiger partial charge in [0.1, 0.15) is 11.2 Å². The Morgan fingerprint density at radius 3 is 2.14 bits per heavy atom. The predicted molar refractivity (Wildman–Crippen MR) is 132 cm³/mol. The molecule has 3 aromatic carbocycles. The van der Waals surface area contributed by atoms with Crippen LogP contribution in [0, 0.1) is 0 Å². The van der Waals surface area contributed by atoms with Gasteiger partial charge in [-0.15, -0.1) is 0 Å². The van der Waals surface area contributed by atoms with Gasteiger partial charge in [0.05, 0.1) is 22.5 Å². The maximum absolute atomic E-state index is 13.4. The summed E-state index contributed by atoms with van der Waals surface area (Å²) < 4.78 is 33.9. The lowest BCUT2D eigenvalue weighted by Crippen LogP contribution is -2.25. The Morgan fingerprint density at radius 2 is 1.50 bits per heavy atom. The van der Waals surface area contributed by atoms with Crippen molar-refractivity contribution in [3.8, 4) is 0 Å². The molecule has 5 N–H and O–H groups in total. The van der Waals surface area contributed by atoms with E-state index >= 15 is 0 Å². The summed E-state index contributed by atoms with van der Waals surface area (Å²) in [7, 11) is -4.83. The average Bonchev–Trinajstić information content (AvgIpc) is 2.83. The highest BCUT2D eigenvalue weighted by Gasteiger charge is 2.36. The lowest BCUT2D eigenvalue weighted by Gasteiger charge is -2.23. The van der Waals surface area contributed by atoms with E-state index in [9.17, 15) is 22.6 Å². The molecule has 180 valence electrons. The van der Waals surface area contributed by atoms with Crippen molar-refractivity contribution in [3.63, 3.8) is 0 Å². The zero-order chi connectivity index (χ0) is 25.6. The molecule has 0 amide bonds. The third-order valence-corrected chi connectivity index (χ3v) is 6.49. The summed E-state index contributed by atoms with van der Waals surface area (Å²) in [6, 6.07) is 13.8. The van der Waals surface area contributed by atoms with Crippen molar-refractivity contribution >= 4 is 62.0 Å². The van der Waals surface area contributed by atoms with Crippen LogP contribution < -0.4 is 16.4 Å². The Hall–Kier alpha value is -4.39. The van der Waals surface area contributed by atoms with Crippen LogP contribution in [0.5, 0.6) is 0 Å². The highest BCUT2D eigenvalue weighted by atomic mass is 35.5. The molecule has 0 unspecified atom stereocenters. The lowest BCUT2D eigenvalue weighted by molar-refractivity contribution is 0.0980. The number of nitrogens with two attached hydrogens (primary N) is 1. The van der Waals surface area contributed by atoms with E-state index < -0.39 is 32.3 Å². The zero-order valence-electron chi connectivity index (χ0n) is 18.1. The number of rotatable bonds is 5. The van der Waals surface area contributed by atoms with Crippen molar-refractivity contribution in [1.82, 2.24) is 15.0 Å². The molecular formula is C23H15ClN6O5S. The van der Waals surface area contributed by atoms with Crippen LogP contribution in [0.2, 0.25) is 5.28 Å². The second-order valence-electron chi connectivity index (χ2n) is 7.67. The number of anilines is 5. The smallest absolute Gasteiger partial charge is 0.296 e. The first-order chi connectivity index (χ1) is 17.1. The van der Waals surface area contributed by atoms with Crippen LogP contribution in [0.25, 0.3) is 0 Å². The van der Waals surface area contributed by atoms with Crippen LogP contribution in [-0.4, -0.2) is 39.5 Å². The summed E-state index contributed by atoms with van der Waals surface area (Å²) in [6.45, 7) is 0. The molecule has 0 aliphatic heterocycles. The van der Waals surface area contributed by atoms with Crippen LogP contribution in [0.4, 0.5) is 28.7 Å². The number of hydrogen-bond acceptors (Lipinski definition) is 10. The van der Waals surface area contributed by atoms with Crippen LogP contribution in [0.15, 0.2) is 65.8 Å². The first-order valence-corrected chi connectivity index (χ1v) is 12.1. The Balaban J connectivity index is 1.63. The third-order valence-electron chi connectivity index (χ3n) is 5.42. The van der Waals surface area contributed by atoms with Crippen molar-refractivity contribution in [1.29, 1.82) is 0 Å². The van der Waals surface area contributed by atoms with Crippen molar-refractivity contribution in [2.75, 3.05) is 16.4 Å². The van der Waals surface area contributed by atoms with Gasteiger partial charge in [-0.2, -0.15) is 13.4 Å². The summed E-state index contributed by atoms with van der Waals surface area (Å²) in [5.41, 5.74) is 6.23. The van der Waals surface area contributed by atoms with Gasteiger partial charge in [-0.1, -0.05) is 30.3 Å². The fraction of sp³-hybridized carbons (Fsp3) is 0.